The molecule has 5 nitrogen and oxygen atoms in total. The summed E-state index contributed by atoms with van der Waals surface area (Å²) in [5.41, 5.74) is 0.0359. The third kappa shape index (κ3) is 3.37. The quantitative estimate of drug-likeness (QED) is 0.380. The Hall–Kier alpha value is -1.56. The molecule has 27 heavy (non-hydrogen) atoms. The largest absolute Gasteiger partial charge is 0.493 e. The average molecular weight is 437 g/mol. The zero-order chi connectivity index (χ0) is 19.2. The van der Waals surface area contributed by atoms with E-state index in [2.05, 4.69) is 15.9 Å². The maximum atomic E-state index is 13.0. The van der Waals surface area contributed by atoms with Gasteiger partial charge in [-0.25, -0.2) is 0 Å². The number of methoxy groups -OCH3 is 2. The summed E-state index contributed by atoms with van der Waals surface area (Å²) in [7, 11) is 3.07. The molecule has 0 heterocycles. The van der Waals surface area contributed by atoms with Crippen LogP contribution in [0.1, 0.15) is 48.9 Å². The standard InChI is InChI=1S/C21H25BrO5/c1-25-17-4-3-15(6-18(17)26-2)16(23)11-27-19(24)20-7-13-5-14(8-20)10-21(22,9-13)12-20/h3-4,6,13-14H,5,7-12H2,1-2H3. The Balaban J connectivity index is 1.43. The summed E-state index contributed by atoms with van der Waals surface area (Å²) in [6.07, 6.45) is 6.18. The van der Waals surface area contributed by atoms with Crippen molar-refractivity contribution in [2.45, 2.75) is 42.8 Å². The summed E-state index contributed by atoms with van der Waals surface area (Å²) in [5, 5.41) is 0. The number of Topliss-reactive ketones (excluding diaryl/α,β-unsaturated/α-hetero) is 1. The Morgan fingerprint density at radius 1 is 1.07 bits per heavy atom. The highest BCUT2D eigenvalue weighted by Crippen LogP contribution is 2.64. The van der Waals surface area contributed by atoms with E-state index in [-0.39, 0.29) is 22.7 Å². The van der Waals surface area contributed by atoms with Crippen LogP contribution in [0.2, 0.25) is 0 Å². The smallest absolute Gasteiger partial charge is 0.312 e. The normalized spacial score (nSPS) is 33.6. The number of ketones is 1. The number of hydrogen-bond acceptors (Lipinski definition) is 5. The predicted octanol–water partition coefficient (Wildman–Crippen LogP) is 4.16. The molecule has 2 atom stereocenters. The van der Waals surface area contributed by atoms with Crippen molar-refractivity contribution in [2.24, 2.45) is 17.3 Å². The van der Waals surface area contributed by atoms with Crippen molar-refractivity contribution in [1.29, 1.82) is 0 Å². The minimum absolute atomic E-state index is 0.0868. The highest BCUT2D eigenvalue weighted by atomic mass is 79.9. The van der Waals surface area contributed by atoms with Gasteiger partial charge in [0.05, 0.1) is 19.6 Å². The van der Waals surface area contributed by atoms with Crippen LogP contribution in [0, 0.1) is 17.3 Å². The summed E-state index contributed by atoms with van der Waals surface area (Å²) in [6.45, 7) is -0.235. The molecule has 6 heteroatoms. The number of ether oxygens (including phenoxy) is 3. The molecule has 0 saturated heterocycles. The topological polar surface area (TPSA) is 61.8 Å². The van der Waals surface area contributed by atoms with Crippen LogP contribution in [0.5, 0.6) is 11.5 Å². The molecule has 146 valence electrons. The predicted molar refractivity (Wildman–Crippen MR) is 104 cm³/mol. The van der Waals surface area contributed by atoms with Crippen LogP contribution in [0.3, 0.4) is 0 Å². The number of rotatable bonds is 6. The summed E-state index contributed by atoms with van der Waals surface area (Å²) in [4.78, 5) is 25.5. The molecule has 0 spiro atoms. The van der Waals surface area contributed by atoms with E-state index in [0.717, 1.165) is 32.1 Å². The number of alkyl halides is 1. The van der Waals surface area contributed by atoms with Crippen LogP contribution in [-0.2, 0) is 9.53 Å². The Kier molecular flexibility index (Phi) is 4.73. The fourth-order valence-corrected chi connectivity index (χ4v) is 7.22. The Labute approximate surface area is 167 Å². The molecule has 4 saturated carbocycles. The lowest BCUT2D eigenvalue weighted by Gasteiger charge is -2.58. The molecule has 0 radical (unpaired) electrons. The van der Waals surface area contributed by atoms with Gasteiger partial charge in [0.2, 0.25) is 0 Å². The van der Waals surface area contributed by atoms with Gasteiger partial charge in [0.15, 0.2) is 23.9 Å². The minimum atomic E-state index is -0.411. The first-order valence-corrected chi connectivity index (χ1v) is 10.3. The molecule has 4 aliphatic carbocycles. The summed E-state index contributed by atoms with van der Waals surface area (Å²) in [6, 6.07) is 4.96. The first-order chi connectivity index (χ1) is 12.9. The Morgan fingerprint density at radius 3 is 2.33 bits per heavy atom. The second kappa shape index (κ2) is 6.80. The molecule has 0 aromatic heterocycles. The third-order valence-corrected chi connectivity index (χ3v) is 7.39. The van der Waals surface area contributed by atoms with E-state index in [4.69, 9.17) is 14.2 Å². The lowest BCUT2D eigenvalue weighted by atomic mass is 9.49. The van der Waals surface area contributed by atoms with Crippen molar-refractivity contribution < 1.29 is 23.8 Å². The van der Waals surface area contributed by atoms with E-state index < -0.39 is 5.41 Å². The molecular formula is C21H25BrO5. The first-order valence-electron chi connectivity index (χ1n) is 9.48. The maximum Gasteiger partial charge on any atom is 0.312 e. The number of carbonyl (C=O) groups is 2. The molecule has 2 unspecified atom stereocenters. The maximum absolute atomic E-state index is 13.0. The highest BCUT2D eigenvalue weighted by molar-refractivity contribution is 9.10. The van der Waals surface area contributed by atoms with Crippen LogP contribution >= 0.6 is 15.9 Å². The van der Waals surface area contributed by atoms with Crippen LogP contribution < -0.4 is 9.47 Å². The summed E-state index contributed by atoms with van der Waals surface area (Å²) in [5.74, 6) is 1.80. The van der Waals surface area contributed by atoms with E-state index in [1.165, 1.54) is 13.5 Å². The number of benzene rings is 1. The van der Waals surface area contributed by atoms with Crippen molar-refractivity contribution in [3.05, 3.63) is 23.8 Å². The monoisotopic (exact) mass is 436 g/mol. The van der Waals surface area contributed by atoms with Gasteiger partial charge in [-0.2, -0.15) is 0 Å². The minimum Gasteiger partial charge on any atom is -0.493 e. The van der Waals surface area contributed by atoms with Crippen molar-refractivity contribution in [1.82, 2.24) is 0 Å². The van der Waals surface area contributed by atoms with Gasteiger partial charge < -0.3 is 14.2 Å². The van der Waals surface area contributed by atoms with Crippen molar-refractivity contribution in [3.8, 4) is 11.5 Å². The van der Waals surface area contributed by atoms with Gasteiger partial charge in [-0.15, -0.1) is 0 Å². The molecule has 4 fully saturated rings. The zero-order valence-electron chi connectivity index (χ0n) is 15.8. The van der Waals surface area contributed by atoms with Gasteiger partial charge in [-0.3, -0.25) is 9.59 Å². The Morgan fingerprint density at radius 2 is 1.74 bits per heavy atom. The van der Waals surface area contributed by atoms with Crippen LogP contribution in [0.4, 0.5) is 0 Å². The summed E-state index contributed by atoms with van der Waals surface area (Å²) < 4.78 is 16.1. The van der Waals surface area contributed by atoms with E-state index >= 15 is 0 Å². The molecule has 1 aromatic rings. The highest BCUT2D eigenvalue weighted by Gasteiger charge is 2.60. The average Bonchev–Trinajstić information content (AvgIpc) is 2.63. The fourth-order valence-electron chi connectivity index (χ4n) is 5.77. The van der Waals surface area contributed by atoms with Gasteiger partial charge >= 0.3 is 5.97 Å². The van der Waals surface area contributed by atoms with E-state index in [0.29, 0.717) is 28.9 Å². The van der Waals surface area contributed by atoms with Crippen LogP contribution in [0.15, 0.2) is 18.2 Å². The second-order valence-electron chi connectivity index (χ2n) is 8.46. The number of hydrogen-bond donors (Lipinski definition) is 0. The SMILES string of the molecule is COc1ccc(C(=O)COC(=O)C23CC4CC(CC(Br)(C4)C2)C3)cc1OC. The zero-order valence-corrected chi connectivity index (χ0v) is 17.3. The molecule has 0 amide bonds. The van der Waals surface area contributed by atoms with Gasteiger partial charge in [0, 0.05) is 9.89 Å². The first kappa shape index (κ1) is 18.8. The molecule has 0 aliphatic heterocycles. The van der Waals surface area contributed by atoms with Crippen LogP contribution in [-0.4, -0.2) is 36.9 Å². The van der Waals surface area contributed by atoms with Crippen molar-refractivity contribution in [2.75, 3.05) is 20.8 Å². The van der Waals surface area contributed by atoms with Crippen molar-refractivity contribution in [3.63, 3.8) is 0 Å². The second-order valence-corrected chi connectivity index (χ2v) is 10.1. The van der Waals surface area contributed by atoms with E-state index in [1.54, 1.807) is 25.3 Å². The van der Waals surface area contributed by atoms with E-state index in [9.17, 15) is 9.59 Å². The molecule has 4 bridgehead atoms. The van der Waals surface area contributed by atoms with Gasteiger partial charge in [0.25, 0.3) is 0 Å². The van der Waals surface area contributed by atoms with Gasteiger partial charge in [0.1, 0.15) is 0 Å². The number of halogens is 1. The molecular weight excluding hydrogens is 412 g/mol. The third-order valence-electron chi connectivity index (χ3n) is 6.46. The molecule has 5 rings (SSSR count). The van der Waals surface area contributed by atoms with E-state index in [1.807, 2.05) is 0 Å². The summed E-state index contributed by atoms with van der Waals surface area (Å²) >= 11 is 3.91. The van der Waals surface area contributed by atoms with Crippen LogP contribution in [0.25, 0.3) is 0 Å². The lowest BCUT2D eigenvalue weighted by molar-refractivity contribution is -0.168. The lowest BCUT2D eigenvalue weighted by Crippen LogP contribution is -2.56. The molecule has 0 N–H and O–H groups in total. The molecule has 1 aromatic carbocycles. The fraction of sp³-hybridized carbons (Fsp3) is 0.619. The van der Waals surface area contributed by atoms with Gasteiger partial charge in [-0.05, 0) is 68.6 Å². The Bertz CT molecular complexity index is 760. The number of esters is 1. The van der Waals surface area contributed by atoms with Gasteiger partial charge in [-0.1, -0.05) is 15.9 Å². The number of carbonyl (C=O) groups excluding carboxylic acids is 2. The van der Waals surface area contributed by atoms with Crippen molar-refractivity contribution >= 4 is 27.7 Å². The molecule has 4 aliphatic rings.